The minimum atomic E-state index is -0.990. The minimum Gasteiger partial charge on any atom is -0.312 e. The highest BCUT2D eigenvalue weighted by Gasteiger charge is 2.14. The Bertz CT molecular complexity index is 210. The number of hydrogen-bond donors (Lipinski definition) is 0. The van der Waals surface area contributed by atoms with E-state index in [0.717, 1.165) is 19.3 Å². The lowest BCUT2D eigenvalue weighted by molar-refractivity contribution is -0.790. The molecule has 0 heterocycles. The number of nitrogens with zero attached hydrogens (tertiary/aromatic N) is 2. The highest BCUT2D eigenvalue weighted by molar-refractivity contribution is 4.54. The summed E-state index contributed by atoms with van der Waals surface area (Å²) in [6, 6.07) is 0. The van der Waals surface area contributed by atoms with Crippen LogP contribution >= 0.6 is 0 Å². The van der Waals surface area contributed by atoms with Crippen LogP contribution in [0.4, 0.5) is 0 Å². The molecule has 1 unspecified atom stereocenters. The summed E-state index contributed by atoms with van der Waals surface area (Å²) in [5, 5.41) is 18.0. The Hall–Kier alpha value is -1.60. The zero-order valence-electron chi connectivity index (χ0n) is 8.46. The van der Waals surface area contributed by atoms with E-state index in [0.29, 0.717) is 6.42 Å². The van der Waals surface area contributed by atoms with E-state index in [-0.39, 0.29) is 0 Å². The Morgan fingerprint density at radius 2 is 1.87 bits per heavy atom. The van der Waals surface area contributed by atoms with Crippen molar-refractivity contribution in [2.24, 2.45) is 0 Å². The maximum absolute atomic E-state index is 10.0. The average Bonchev–Trinajstić information content (AvgIpc) is 2.13. The fourth-order valence-corrected chi connectivity index (χ4v) is 1.05. The van der Waals surface area contributed by atoms with Gasteiger partial charge >= 0.3 is 0 Å². The first-order valence-electron chi connectivity index (χ1n) is 4.64. The summed E-state index contributed by atoms with van der Waals surface area (Å²) in [5.41, 5.74) is 0. The first-order chi connectivity index (χ1) is 7.06. The zero-order valence-corrected chi connectivity index (χ0v) is 8.46. The van der Waals surface area contributed by atoms with Gasteiger partial charge in [0.05, 0.1) is 0 Å². The van der Waals surface area contributed by atoms with Crippen molar-refractivity contribution in [1.29, 1.82) is 0 Å². The van der Waals surface area contributed by atoms with Gasteiger partial charge in [-0.25, -0.2) is 0 Å². The van der Waals surface area contributed by atoms with Crippen molar-refractivity contribution in [3.63, 3.8) is 0 Å². The van der Waals surface area contributed by atoms with Crippen LogP contribution in [0.15, 0.2) is 0 Å². The molecule has 0 saturated carbocycles. The smallest absolute Gasteiger partial charge is 0.294 e. The van der Waals surface area contributed by atoms with Gasteiger partial charge in [0.15, 0.2) is 0 Å². The summed E-state index contributed by atoms with van der Waals surface area (Å²) in [5.74, 6) is 0. The third-order valence-corrected chi connectivity index (χ3v) is 1.73. The van der Waals surface area contributed by atoms with Gasteiger partial charge in [-0.3, -0.25) is 0 Å². The summed E-state index contributed by atoms with van der Waals surface area (Å²) in [7, 11) is 0. The second-order valence-electron chi connectivity index (χ2n) is 2.97. The van der Waals surface area contributed by atoms with E-state index in [2.05, 4.69) is 9.68 Å². The maximum Gasteiger partial charge on any atom is 0.294 e. The van der Waals surface area contributed by atoms with Crippen LogP contribution in [0, 0.1) is 20.2 Å². The predicted octanol–water partition coefficient (Wildman–Crippen LogP) is 1.35. The van der Waals surface area contributed by atoms with Gasteiger partial charge in [0.25, 0.3) is 10.2 Å². The molecule has 15 heavy (non-hydrogen) atoms. The van der Waals surface area contributed by atoms with Crippen LogP contribution in [-0.2, 0) is 9.68 Å². The molecule has 0 N–H and O–H groups in total. The normalized spacial score (nSPS) is 11.8. The Kier molecular flexibility index (Phi) is 6.94. The average molecular weight is 222 g/mol. The van der Waals surface area contributed by atoms with E-state index in [1.54, 1.807) is 0 Å². The molecule has 0 aromatic rings. The number of unbranched alkanes of at least 4 members (excludes halogenated alkanes) is 2. The lowest BCUT2D eigenvalue weighted by Gasteiger charge is -2.12. The Morgan fingerprint density at radius 3 is 2.33 bits per heavy atom. The van der Waals surface area contributed by atoms with Gasteiger partial charge in [-0.05, 0) is 6.42 Å². The molecule has 0 aliphatic carbocycles. The second kappa shape index (κ2) is 7.77. The maximum atomic E-state index is 10.0. The summed E-state index contributed by atoms with van der Waals surface area (Å²) >= 11 is 0. The number of hydrogen-bond acceptors (Lipinski definition) is 6. The van der Waals surface area contributed by atoms with E-state index in [9.17, 15) is 20.2 Å². The molecule has 0 aliphatic heterocycles. The lowest BCUT2D eigenvalue weighted by Crippen LogP contribution is -2.24. The van der Waals surface area contributed by atoms with Crippen molar-refractivity contribution in [2.45, 2.75) is 38.7 Å². The van der Waals surface area contributed by atoms with Crippen LogP contribution in [0.25, 0.3) is 0 Å². The molecular weight excluding hydrogens is 208 g/mol. The highest BCUT2D eigenvalue weighted by atomic mass is 17.0. The topological polar surface area (TPSA) is 105 Å². The first-order valence-corrected chi connectivity index (χ1v) is 4.64. The lowest BCUT2D eigenvalue weighted by atomic mass is 10.1. The molecule has 0 aromatic heterocycles. The van der Waals surface area contributed by atoms with E-state index >= 15 is 0 Å². The largest absolute Gasteiger partial charge is 0.312 e. The third kappa shape index (κ3) is 8.72. The molecule has 0 bridgehead atoms. The highest BCUT2D eigenvalue weighted by Crippen LogP contribution is 2.07. The summed E-state index contributed by atoms with van der Waals surface area (Å²) in [6.45, 7) is 1.58. The van der Waals surface area contributed by atoms with Gasteiger partial charge in [0.2, 0.25) is 0 Å². The Balaban J connectivity index is 3.83. The van der Waals surface area contributed by atoms with Crippen LogP contribution in [0.1, 0.15) is 32.6 Å². The quantitative estimate of drug-likeness (QED) is 0.331. The molecule has 0 rings (SSSR count). The predicted molar refractivity (Wildman–Crippen MR) is 49.0 cm³/mol. The van der Waals surface area contributed by atoms with Crippen molar-refractivity contribution in [3.8, 4) is 0 Å². The van der Waals surface area contributed by atoms with Gasteiger partial charge in [0.1, 0.15) is 12.7 Å². The summed E-state index contributed by atoms with van der Waals surface area (Å²) in [4.78, 5) is 28.2. The van der Waals surface area contributed by atoms with E-state index in [1.807, 2.05) is 6.92 Å². The van der Waals surface area contributed by atoms with Crippen molar-refractivity contribution in [1.82, 2.24) is 0 Å². The number of rotatable bonds is 9. The first kappa shape index (κ1) is 13.4. The fraction of sp³-hybridized carbons (Fsp3) is 1.00. The monoisotopic (exact) mass is 222 g/mol. The molecule has 0 radical (unpaired) electrons. The third-order valence-electron chi connectivity index (χ3n) is 1.73. The fourth-order valence-electron chi connectivity index (χ4n) is 1.05. The van der Waals surface area contributed by atoms with Crippen LogP contribution in [0.5, 0.6) is 0 Å². The molecular formula is C7H14N2O6. The van der Waals surface area contributed by atoms with Gasteiger partial charge in [-0.2, -0.15) is 0 Å². The second-order valence-corrected chi connectivity index (χ2v) is 2.97. The molecule has 88 valence electrons. The SMILES string of the molecule is CCCCCC(CO[N+](=O)[O-])O[N+](=O)[O-]. The standard InChI is InChI=1S/C7H14N2O6/c1-2-3-4-5-7(15-9(12)13)6-14-8(10)11/h7H,2-6H2,1H3. The molecule has 0 saturated heterocycles. The molecule has 1 atom stereocenters. The Morgan fingerprint density at radius 1 is 1.20 bits per heavy atom. The van der Waals surface area contributed by atoms with E-state index in [4.69, 9.17) is 0 Å². The van der Waals surface area contributed by atoms with Gasteiger partial charge in [0, 0.05) is 0 Å². The summed E-state index contributed by atoms with van der Waals surface area (Å²) in [6.07, 6.45) is 2.09. The molecule has 0 aromatic carbocycles. The van der Waals surface area contributed by atoms with Crippen LogP contribution in [0.2, 0.25) is 0 Å². The zero-order chi connectivity index (χ0) is 11.7. The molecule has 0 spiro atoms. The van der Waals surface area contributed by atoms with Crippen LogP contribution in [-0.4, -0.2) is 22.9 Å². The van der Waals surface area contributed by atoms with Gasteiger partial charge in [-0.15, -0.1) is 20.2 Å². The Labute approximate surface area is 86.4 Å². The van der Waals surface area contributed by atoms with Crippen molar-refractivity contribution in [3.05, 3.63) is 20.2 Å². The minimum absolute atomic E-state index is 0.378. The molecule has 8 heteroatoms. The van der Waals surface area contributed by atoms with Gasteiger partial charge < -0.3 is 9.68 Å². The summed E-state index contributed by atoms with van der Waals surface area (Å²) < 4.78 is 0. The molecule has 0 amide bonds. The van der Waals surface area contributed by atoms with E-state index in [1.165, 1.54) is 0 Å². The van der Waals surface area contributed by atoms with Crippen molar-refractivity contribution < 1.29 is 19.8 Å². The van der Waals surface area contributed by atoms with Crippen molar-refractivity contribution >= 4 is 0 Å². The van der Waals surface area contributed by atoms with Gasteiger partial charge in [-0.1, -0.05) is 26.2 Å². The van der Waals surface area contributed by atoms with Crippen LogP contribution in [0.3, 0.4) is 0 Å². The van der Waals surface area contributed by atoms with Crippen molar-refractivity contribution in [2.75, 3.05) is 6.61 Å². The molecule has 0 aliphatic rings. The molecule has 8 nitrogen and oxygen atoms in total. The van der Waals surface area contributed by atoms with E-state index < -0.39 is 22.9 Å². The van der Waals surface area contributed by atoms with Crippen LogP contribution < -0.4 is 0 Å². The molecule has 0 fully saturated rings.